The lowest BCUT2D eigenvalue weighted by molar-refractivity contribution is -0.121. The monoisotopic (exact) mass is 329 g/mol. The van der Waals surface area contributed by atoms with E-state index in [4.69, 9.17) is 9.47 Å². The van der Waals surface area contributed by atoms with Crippen molar-refractivity contribution in [1.82, 2.24) is 10.3 Å². The fourth-order valence-corrected chi connectivity index (χ4v) is 3.07. The topological polar surface area (TPSA) is 63.7 Å². The van der Waals surface area contributed by atoms with Gasteiger partial charge in [-0.15, -0.1) is 0 Å². The molecule has 1 N–H and O–H groups in total. The van der Waals surface area contributed by atoms with Crippen LogP contribution in [-0.4, -0.2) is 43.2 Å². The van der Waals surface area contributed by atoms with Crippen LogP contribution < -0.4 is 19.7 Å². The minimum Gasteiger partial charge on any atom is -0.490 e. The number of amides is 1. The SMILES string of the molecule is CCOc1cc2nccc(N3CC(=O)NC(C)C3)c2cc1OCC. The zero-order valence-corrected chi connectivity index (χ0v) is 14.3. The number of anilines is 1. The van der Waals surface area contributed by atoms with Gasteiger partial charge in [0.2, 0.25) is 5.91 Å². The number of rotatable bonds is 5. The Bertz CT molecular complexity index is 748. The summed E-state index contributed by atoms with van der Waals surface area (Å²) >= 11 is 0. The van der Waals surface area contributed by atoms with Gasteiger partial charge in [0, 0.05) is 35.9 Å². The van der Waals surface area contributed by atoms with Crippen molar-refractivity contribution < 1.29 is 14.3 Å². The van der Waals surface area contributed by atoms with E-state index in [1.54, 1.807) is 6.20 Å². The number of piperazine rings is 1. The minimum absolute atomic E-state index is 0.0367. The van der Waals surface area contributed by atoms with Gasteiger partial charge >= 0.3 is 0 Å². The lowest BCUT2D eigenvalue weighted by Crippen LogP contribution is -2.53. The quantitative estimate of drug-likeness (QED) is 0.912. The molecule has 0 radical (unpaired) electrons. The highest BCUT2D eigenvalue weighted by Gasteiger charge is 2.23. The van der Waals surface area contributed by atoms with Crippen LogP contribution in [0.3, 0.4) is 0 Å². The van der Waals surface area contributed by atoms with Gasteiger partial charge < -0.3 is 19.7 Å². The predicted octanol–water partition coefficient (Wildman–Crippen LogP) is 2.36. The van der Waals surface area contributed by atoms with Gasteiger partial charge in [-0.3, -0.25) is 9.78 Å². The highest BCUT2D eigenvalue weighted by molar-refractivity contribution is 5.96. The molecule has 2 heterocycles. The van der Waals surface area contributed by atoms with Crippen molar-refractivity contribution in [2.75, 3.05) is 31.2 Å². The van der Waals surface area contributed by atoms with E-state index >= 15 is 0 Å². The molecule has 0 saturated carbocycles. The molecule has 0 bridgehead atoms. The molecule has 1 amide bonds. The lowest BCUT2D eigenvalue weighted by Gasteiger charge is -2.33. The fraction of sp³-hybridized carbons (Fsp3) is 0.444. The smallest absolute Gasteiger partial charge is 0.239 e. The predicted molar refractivity (Wildman–Crippen MR) is 93.9 cm³/mol. The Hall–Kier alpha value is -2.50. The number of benzene rings is 1. The van der Waals surface area contributed by atoms with Gasteiger partial charge in [0.25, 0.3) is 0 Å². The molecule has 24 heavy (non-hydrogen) atoms. The van der Waals surface area contributed by atoms with Crippen LogP contribution >= 0.6 is 0 Å². The van der Waals surface area contributed by atoms with E-state index in [0.29, 0.717) is 31.3 Å². The van der Waals surface area contributed by atoms with Gasteiger partial charge in [0.15, 0.2) is 11.5 Å². The molecule has 1 fully saturated rings. The van der Waals surface area contributed by atoms with E-state index in [1.807, 2.05) is 39.0 Å². The second kappa shape index (κ2) is 6.95. The molecule has 1 aliphatic heterocycles. The van der Waals surface area contributed by atoms with Gasteiger partial charge in [0.1, 0.15) is 0 Å². The van der Waals surface area contributed by atoms with Gasteiger partial charge in [0.05, 0.1) is 25.3 Å². The summed E-state index contributed by atoms with van der Waals surface area (Å²) in [4.78, 5) is 18.4. The van der Waals surface area contributed by atoms with Crippen molar-refractivity contribution in [2.45, 2.75) is 26.8 Å². The maximum absolute atomic E-state index is 11.9. The van der Waals surface area contributed by atoms with Crippen molar-refractivity contribution in [3.8, 4) is 11.5 Å². The molecule has 6 heteroatoms. The standard InChI is InChI=1S/C18H23N3O3/c1-4-23-16-8-13-14(9-17(16)24-5-2)19-7-6-15(13)21-10-12(3)20-18(22)11-21/h6-9,12H,4-5,10-11H2,1-3H3,(H,20,22). The lowest BCUT2D eigenvalue weighted by atomic mass is 10.1. The summed E-state index contributed by atoms with van der Waals surface area (Å²) in [5.74, 6) is 1.44. The second-order valence-corrected chi connectivity index (χ2v) is 5.86. The van der Waals surface area contributed by atoms with Crippen LogP contribution in [0.15, 0.2) is 24.4 Å². The molecule has 1 unspecified atom stereocenters. The number of hydrogen-bond donors (Lipinski definition) is 1. The summed E-state index contributed by atoms with van der Waals surface area (Å²) < 4.78 is 11.4. The first-order chi connectivity index (χ1) is 11.6. The second-order valence-electron chi connectivity index (χ2n) is 5.86. The summed E-state index contributed by atoms with van der Waals surface area (Å²) in [6.07, 6.45) is 1.77. The van der Waals surface area contributed by atoms with Crippen LogP contribution in [0.2, 0.25) is 0 Å². The van der Waals surface area contributed by atoms with Crippen LogP contribution in [0.1, 0.15) is 20.8 Å². The molecule has 1 aromatic carbocycles. The van der Waals surface area contributed by atoms with Gasteiger partial charge in [-0.25, -0.2) is 0 Å². The van der Waals surface area contributed by atoms with E-state index in [0.717, 1.165) is 23.1 Å². The molecule has 0 spiro atoms. The summed E-state index contributed by atoms with van der Waals surface area (Å²) in [6.45, 7) is 8.13. The molecule has 3 rings (SSSR count). The van der Waals surface area contributed by atoms with Crippen LogP contribution in [-0.2, 0) is 4.79 Å². The Kier molecular flexibility index (Phi) is 4.74. The van der Waals surface area contributed by atoms with Crippen molar-refractivity contribution in [2.24, 2.45) is 0 Å². The molecule has 2 aromatic rings. The van der Waals surface area contributed by atoms with Crippen molar-refractivity contribution in [3.05, 3.63) is 24.4 Å². The number of pyridine rings is 1. The average Bonchev–Trinajstić information content (AvgIpc) is 2.54. The molecule has 1 aromatic heterocycles. The van der Waals surface area contributed by atoms with E-state index in [1.165, 1.54) is 0 Å². The minimum atomic E-state index is 0.0367. The van der Waals surface area contributed by atoms with E-state index < -0.39 is 0 Å². The fourth-order valence-electron chi connectivity index (χ4n) is 3.07. The Labute approximate surface area is 141 Å². The molecule has 1 atom stereocenters. The van der Waals surface area contributed by atoms with Gasteiger partial charge in [-0.1, -0.05) is 0 Å². The normalized spacial score (nSPS) is 17.7. The van der Waals surface area contributed by atoms with Crippen LogP contribution in [0.5, 0.6) is 11.5 Å². The zero-order valence-electron chi connectivity index (χ0n) is 14.3. The van der Waals surface area contributed by atoms with Crippen molar-refractivity contribution in [1.29, 1.82) is 0 Å². The number of nitrogens with one attached hydrogen (secondary N) is 1. The first-order valence-corrected chi connectivity index (χ1v) is 8.35. The van der Waals surface area contributed by atoms with Crippen molar-refractivity contribution in [3.63, 3.8) is 0 Å². The van der Waals surface area contributed by atoms with E-state index in [-0.39, 0.29) is 11.9 Å². The Morgan fingerprint density at radius 2 is 1.96 bits per heavy atom. The molecule has 128 valence electrons. The van der Waals surface area contributed by atoms with E-state index in [9.17, 15) is 4.79 Å². The number of hydrogen-bond acceptors (Lipinski definition) is 5. The number of carbonyl (C=O) groups is 1. The summed E-state index contributed by atoms with van der Waals surface area (Å²) in [7, 11) is 0. The molecule has 1 aliphatic rings. The Morgan fingerprint density at radius 3 is 2.62 bits per heavy atom. The summed E-state index contributed by atoms with van der Waals surface area (Å²) in [6, 6.07) is 5.93. The number of fused-ring (bicyclic) bond motifs is 1. The third kappa shape index (κ3) is 3.22. The van der Waals surface area contributed by atoms with Gasteiger partial charge in [-0.2, -0.15) is 0 Å². The maximum atomic E-state index is 11.9. The molecular formula is C18H23N3O3. The van der Waals surface area contributed by atoms with E-state index in [2.05, 4.69) is 15.2 Å². The Balaban J connectivity index is 2.08. The third-order valence-corrected chi connectivity index (χ3v) is 3.96. The largest absolute Gasteiger partial charge is 0.490 e. The first-order valence-electron chi connectivity index (χ1n) is 8.35. The highest BCUT2D eigenvalue weighted by atomic mass is 16.5. The molecule has 0 aliphatic carbocycles. The molecule has 1 saturated heterocycles. The van der Waals surface area contributed by atoms with Gasteiger partial charge in [-0.05, 0) is 32.9 Å². The highest BCUT2D eigenvalue weighted by Crippen LogP contribution is 2.36. The van der Waals surface area contributed by atoms with Crippen LogP contribution in [0.25, 0.3) is 10.9 Å². The molecular weight excluding hydrogens is 306 g/mol. The molecule has 6 nitrogen and oxygen atoms in total. The number of carbonyl (C=O) groups excluding carboxylic acids is 1. The number of ether oxygens (including phenoxy) is 2. The summed E-state index contributed by atoms with van der Waals surface area (Å²) in [5, 5.41) is 3.91. The number of aromatic nitrogens is 1. The zero-order chi connectivity index (χ0) is 17.1. The van der Waals surface area contributed by atoms with Crippen LogP contribution in [0, 0.1) is 0 Å². The third-order valence-electron chi connectivity index (χ3n) is 3.96. The number of nitrogens with zero attached hydrogens (tertiary/aromatic N) is 2. The Morgan fingerprint density at radius 1 is 1.25 bits per heavy atom. The maximum Gasteiger partial charge on any atom is 0.239 e. The first kappa shape index (κ1) is 16.4. The summed E-state index contributed by atoms with van der Waals surface area (Å²) in [5.41, 5.74) is 1.82. The average molecular weight is 329 g/mol. The van der Waals surface area contributed by atoms with Crippen molar-refractivity contribution >= 4 is 22.5 Å². The van der Waals surface area contributed by atoms with Crippen LogP contribution in [0.4, 0.5) is 5.69 Å².